The maximum Gasteiger partial charge on any atom is 0.243 e. The van der Waals surface area contributed by atoms with E-state index >= 15 is 0 Å². The van der Waals surface area contributed by atoms with E-state index in [4.69, 9.17) is 4.74 Å². The van der Waals surface area contributed by atoms with Crippen molar-refractivity contribution in [2.24, 2.45) is 0 Å². The van der Waals surface area contributed by atoms with E-state index < -0.39 is 15.8 Å². The molecular formula is C11H18ClFN2O3S. The summed E-state index contributed by atoms with van der Waals surface area (Å²) < 4.78 is 44.5. The van der Waals surface area contributed by atoms with Gasteiger partial charge in [0.2, 0.25) is 10.0 Å². The van der Waals surface area contributed by atoms with Gasteiger partial charge in [-0.1, -0.05) is 0 Å². The van der Waals surface area contributed by atoms with Crippen LogP contribution in [0.15, 0.2) is 23.1 Å². The molecule has 2 N–H and O–H groups in total. The number of ether oxygens (including phenoxy) is 1. The van der Waals surface area contributed by atoms with Gasteiger partial charge < -0.3 is 10.1 Å². The molecule has 1 unspecified atom stereocenters. The van der Waals surface area contributed by atoms with E-state index in [9.17, 15) is 12.8 Å². The van der Waals surface area contributed by atoms with Crippen LogP contribution in [0.5, 0.6) is 5.75 Å². The van der Waals surface area contributed by atoms with Crippen molar-refractivity contribution in [3.05, 3.63) is 24.0 Å². The van der Waals surface area contributed by atoms with E-state index in [0.717, 1.165) is 6.07 Å². The van der Waals surface area contributed by atoms with Crippen molar-refractivity contribution in [3.8, 4) is 5.75 Å². The Labute approximate surface area is 119 Å². The summed E-state index contributed by atoms with van der Waals surface area (Å²) in [6.07, 6.45) is 0. The molecular weight excluding hydrogens is 295 g/mol. The maximum absolute atomic E-state index is 13.6. The van der Waals surface area contributed by atoms with Gasteiger partial charge >= 0.3 is 0 Å². The lowest BCUT2D eigenvalue weighted by molar-refractivity contribution is 0.409. The Morgan fingerprint density at radius 2 is 2.05 bits per heavy atom. The molecule has 0 radical (unpaired) electrons. The van der Waals surface area contributed by atoms with Crippen LogP contribution >= 0.6 is 12.4 Å². The highest BCUT2D eigenvalue weighted by Gasteiger charge is 2.19. The van der Waals surface area contributed by atoms with E-state index in [1.165, 1.54) is 19.2 Å². The van der Waals surface area contributed by atoms with Gasteiger partial charge in [-0.05, 0) is 26.1 Å². The molecule has 8 heteroatoms. The molecule has 0 saturated carbocycles. The number of sulfonamides is 1. The van der Waals surface area contributed by atoms with Crippen LogP contribution in [0.3, 0.4) is 0 Å². The van der Waals surface area contributed by atoms with Crippen molar-refractivity contribution in [3.63, 3.8) is 0 Å². The third-order valence-electron chi connectivity index (χ3n) is 2.50. The van der Waals surface area contributed by atoms with Crippen molar-refractivity contribution >= 4 is 22.4 Å². The largest absolute Gasteiger partial charge is 0.497 e. The maximum atomic E-state index is 13.6. The predicted molar refractivity (Wildman–Crippen MR) is 73.9 cm³/mol. The zero-order valence-electron chi connectivity index (χ0n) is 10.9. The zero-order valence-corrected chi connectivity index (χ0v) is 12.6. The molecule has 0 amide bonds. The minimum absolute atomic E-state index is 0. The molecule has 0 aliphatic carbocycles. The fourth-order valence-electron chi connectivity index (χ4n) is 1.24. The van der Waals surface area contributed by atoms with Crippen LogP contribution in [-0.2, 0) is 10.0 Å². The molecule has 0 aliphatic rings. The van der Waals surface area contributed by atoms with Crippen LogP contribution in [0.25, 0.3) is 0 Å². The molecule has 0 saturated heterocycles. The van der Waals surface area contributed by atoms with Crippen LogP contribution in [0.4, 0.5) is 4.39 Å². The molecule has 1 rings (SSSR count). The second-order valence-corrected chi connectivity index (χ2v) is 5.57. The Bertz CT molecular complexity index is 511. The zero-order chi connectivity index (χ0) is 13.8. The van der Waals surface area contributed by atoms with Gasteiger partial charge in [0.25, 0.3) is 0 Å². The second kappa shape index (κ2) is 7.64. The van der Waals surface area contributed by atoms with E-state index in [1.807, 2.05) is 6.92 Å². The molecule has 110 valence electrons. The van der Waals surface area contributed by atoms with Gasteiger partial charge in [0.05, 0.1) is 7.11 Å². The fraction of sp³-hybridized carbons (Fsp3) is 0.455. The second-order valence-electron chi connectivity index (χ2n) is 3.84. The summed E-state index contributed by atoms with van der Waals surface area (Å²) in [7, 11) is -0.742. The van der Waals surface area contributed by atoms with E-state index in [-0.39, 0.29) is 35.6 Å². The molecule has 1 atom stereocenters. The van der Waals surface area contributed by atoms with Gasteiger partial charge in [0.15, 0.2) is 0 Å². The lowest BCUT2D eigenvalue weighted by Crippen LogP contribution is -2.37. The van der Waals surface area contributed by atoms with Crippen LogP contribution < -0.4 is 14.8 Å². The number of benzene rings is 1. The number of hydrogen-bond donors (Lipinski definition) is 2. The van der Waals surface area contributed by atoms with Crippen LogP contribution in [0, 0.1) is 5.82 Å². The third-order valence-corrected chi connectivity index (χ3v) is 3.96. The molecule has 1 aromatic rings. The summed E-state index contributed by atoms with van der Waals surface area (Å²) in [4.78, 5) is -0.383. The number of hydrogen-bond acceptors (Lipinski definition) is 4. The molecule has 1 aromatic carbocycles. The summed E-state index contributed by atoms with van der Waals surface area (Å²) in [5, 5.41) is 2.88. The van der Waals surface area contributed by atoms with Gasteiger partial charge in [0.1, 0.15) is 16.5 Å². The average molecular weight is 313 g/mol. The van der Waals surface area contributed by atoms with Crippen molar-refractivity contribution in [2.75, 3.05) is 20.7 Å². The minimum atomic E-state index is -3.84. The van der Waals surface area contributed by atoms with Crippen molar-refractivity contribution < 1.29 is 17.5 Å². The summed E-state index contributed by atoms with van der Waals surface area (Å²) in [5.41, 5.74) is 0. The van der Waals surface area contributed by atoms with Gasteiger partial charge in [-0.25, -0.2) is 17.5 Å². The molecule has 0 aromatic heterocycles. The number of nitrogens with one attached hydrogen (secondary N) is 2. The third kappa shape index (κ3) is 4.94. The molecule has 0 heterocycles. The SMILES string of the molecule is CNC(C)CNS(=O)(=O)c1ccc(OC)cc1F.Cl. The lowest BCUT2D eigenvalue weighted by atomic mass is 10.3. The first kappa shape index (κ1) is 18.1. The number of halogens is 2. The Hall–Kier alpha value is -0.890. The number of rotatable bonds is 6. The number of likely N-dealkylation sites (N-methyl/N-ethyl adjacent to an activating group) is 1. The Balaban J connectivity index is 0.00000324. The summed E-state index contributed by atoms with van der Waals surface area (Å²) in [6.45, 7) is 2.00. The van der Waals surface area contributed by atoms with Crippen LogP contribution in [0.1, 0.15) is 6.92 Å². The molecule has 5 nitrogen and oxygen atoms in total. The van der Waals surface area contributed by atoms with E-state index in [0.29, 0.717) is 0 Å². The van der Waals surface area contributed by atoms with Gasteiger partial charge in [0, 0.05) is 18.7 Å². The molecule has 0 fully saturated rings. The fourth-order valence-corrected chi connectivity index (χ4v) is 2.43. The van der Waals surface area contributed by atoms with Crippen LogP contribution in [0.2, 0.25) is 0 Å². The Kier molecular flexibility index (Phi) is 7.28. The first-order chi connectivity index (χ1) is 8.40. The Morgan fingerprint density at radius 1 is 1.42 bits per heavy atom. The Morgan fingerprint density at radius 3 is 2.53 bits per heavy atom. The van der Waals surface area contributed by atoms with E-state index in [2.05, 4.69) is 10.0 Å². The smallest absolute Gasteiger partial charge is 0.243 e. The van der Waals surface area contributed by atoms with Crippen molar-refractivity contribution in [1.29, 1.82) is 0 Å². The van der Waals surface area contributed by atoms with Gasteiger partial charge in [-0.2, -0.15) is 0 Å². The highest BCUT2D eigenvalue weighted by atomic mass is 35.5. The summed E-state index contributed by atoms with van der Waals surface area (Å²) in [5.74, 6) is -0.561. The monoisotopic (exact) mass is 312 g/mol. The lowest BCUT2D eigenvalue weighted by Gasteiger charge is -2.12. The minimum Gasteiger partial charge on any atom is -0.497 e. The molecule has 0 aliphatic heterocycles. The number of methoxy groups -OCH3 is 1. The van der Waals surface area contributed by atoms with Gasteiger partial charge in [-0.15, -0.1) is 12.4 Å². The van der Waals surface area contributed by atoms with Crippen LogP contribution in [-0.4, -0.2) is 35.2 Å². The molecule has 19 heavy (non-hydrogen) atoms. The topological polar surface area (TPSA) is 67.4 Å². The highest BCUT2D eigenvalue weighted by molar-refractivity contribution is 7.89. The van der Waals surface area contributed by atoms with E-state index in [1.54, 1.807) is 7.05 Å². The highest BCUT2D eigenvalue weighted by Crippen LogP contribution is 2.19. The summed E-state index contributed by atoms with van der Waals surface area (Å²) >= 11 is 0. The molecule has 0 spiro atoms. The summed E-state index contributed by atoms with van der Waals surface area (Å²) in [6, 6.07) is 3.58. The normalized spacial score (nSPS) is 12.6. The first-order valence-electron chi connectivity index (χ1n) is 5.41. The van der Waals surface area contributed by atoms with Crippen molar-refractivity contribution in [2.45, 2.75) is 17.9 Å². The average Bonchev–Trinajstić information content (AvgIpc) is 2.35. The molecule has 0 bridgehead atoms. The van der Waals surface area contributed by atoms with Gasteiger partial charge in [-0.3, -0.25) is 0 Å². The first-order valence-corrected chi connectivity index (χ1v) is 6.89. The quantitative estimate of drug-likeness (QED) is 0.827. The van der Waals surface area contributed by atoms with Crippen molar-refractivity contribution in [1.82, 2.24) is 10.0 Å². The standard InChI is InChI=1S/C11H17FN2O3S.ClH/c1-8(13-2)7-14-18(15,16)11-5-4-9(17-3)6-10(11)12;/h4-6,8,13-14H,7H2,1-3H3;1H. The predicted octanol–water partition coefficient (Wildman–Crippen LogP) is 1.14.